The molecule has 1 rings (SSSR count). The summed E-state index contributed by atoms with van der Waals surface area (Å²) in [4.78, 5) is 0. The Kier molecular flexibility index (Phi) is 2.94. The van der Waals surface area contributed by atoms with Crippen molar-refractivity contribution in [1.29, 1.82) is 0 Å². The number of rotatable bonds is 2. The Morgan fingerprint density at radius 2 is 1.60 bits per heavy atom. The van der Waals surface area contributed by atoms with Crippen LogP contribution in [-0.4, -0.2) is 13.9 Å². The minimum Gasteiger partial charge on any atom is -0.276 e. The van der Waals surface area contributed by atoms with Gasteiger partial charge < -0.3 is 0 Å². The molecule has 3 nitrogen and oxygen atoms in total. The van der Waals surface area contributed by atoms with Crippen LogP contribution in [0.5, 0.6) is 0 Å². The molecule has 7 heteroatoms. The lowest BCUT2D eigenvalue weighted by atomic mass is 10.2. The second-order valence-corrected chi connectivity index (χ2v) is 4.59. The van der Waals surface area contributed by atoms with Gasteiger partial charge in [-0.15, -0.1) is 0 Å². The highest BCUT2D eigenvalue weighted by molar-refractivity contribution is 7.93. The lowest BCUT2D eigenvalue weighted by Crippen LogP contribution is -2.29. The molecule has 0 bridgehead atoms. The van der Waals surface area contributed by atoms with Crippen LogP contribution in [0, 0.1) is 6.92 Å². The van der Waals surface area contributed by atoms with Crippen molar-refractivity contribution in [2.24, 2.45) is 0 Å². The molecule has 1 N–H and O–H groups in total. The van der Waals surface area contributed by atoms with Crippen molar-refractivity contribution < 1.29 is 21.6 Å². The molecule has 0 spiro atoms. The SMILES string of the molecule is Cc1ccc(NS(=O)(=O)C(F)(F)F)cc1. The summed E-state index contributed by atoms with van der Waals surface area (Å²) in [7, 11) is -5.31. The van der Waals surface area contributed by atoms with Crippen LogP contribution in [-0.2, 0) is 10.0 Å². The van der Waals surface area contributed by atoms with E-state index in [0.717, 1.165) is 5.56 Å². The molecule has 0 saturated carbocycles. The molecule has 0 aromatic heterocycles. The van der Waals surface area contributed by atoms with Crippen molar-refractivity contribution >= 4 is 15.7 Å². The van der Waals surface area contributed by atoms with E-state index >= 15 is 0 Å². The van der Waals surface area contributed by atoms with E-state index < -0.39 is 15.5 Å². The summed E-state index contributed by atoms with van der Waals surface area (Å²) in [6.45, 7) is 1.74. The first-order valence-corrected chi connectivity index (χ1v) is 5.36. The fraction of sp³-hybridized carbons (Fsp3) is 0.250. The Morgan fingerprint density at radius 1 is 1.13 bits per heavy atom. The van der Waals surface area contributed by atoms with Crippen molar-refractivity contribution in [2.75, 3.05) is 4.72 Å². The molecule has 0 radical (unpaired) electrons. The number of halogens is 3. The van der Waals surface area contributed by atoms with Crippen LogP contribution >= 0.6 is 0 Å². The van der Waals surface area contributed by atoms with Crippen LogP contribution in [0.15, 0.2) is 24.3 Å². The van der Waals surface area contributed by atoms with E-state index in [9.17, 15) is 21.6 Å². The summed E-state index contributed by atoms with van der Waals surface area (Å²) < 4.78 is 58.6. The maximum atomic E-state index is 11.9. The van der Waals surface area contributed by atoms with Crippen molar-refractivity contribution in [1.82, 2.24) is 0 Å². The van der Waals surface area contributed by atoms with Gasteiger partial charge in [-0.2, -0.15) is 21.6 Å². The van der Waals surface area contributed by atoms with Gasteiger partial charge in [-0.05, 0) is 19.1 Å². The number of sulfonamides is 1. The molecule has 0 aliphatic heterocycles. The highest BCUT2D eigenvalue weighted by Crippen LogP contribution is 2.25. The van der Waals surface area contributed by atoms with Gasteiger partial charge in [0.15, 0.2) is 0 Å². The minimum atomic E-state index is -5.31. The molecule has 0 unspecified atom stereocenters. The number of anilines is 1. The van der Waals surface area contributed by atoms with E-state index in [-0.39, 0.29) is 5.69 Å². The van der Waals surface area contributed by atoms with Crippen LogP contribution < -0.4 is 4.72 Å². The number of benzene rings is 1. The molecule has 0 atom stereocenters. The standard InChI is InChI=1S/C8H8F3NO2S/c1-6-2-4-7(5-3-6)12-15(13,14)8(9,10)11/h2-5,12H,1H3. The molecule has 0 aliphatic rings. The van der Waals surface area contributed by atoms with E-state index in [1.54, 1.807) is 6.92 Å². The first-order chi connectivity index (χ1) is 6.72. The van der Waals surface area contributed by atoms with Crippen LogP contribution in [0.2, 0.25) is 0 Å². The molecule has 84 valence electrons. The zero-order chi connectivity index (χ0) is 11.7. The zero-order valence-corrected chi connectivity index (χ0v) is 8.48. The number of hydrogen-bond donors (Lipinski definition) is 1. The monoisotopic (exact) mass is 239 g/mol. The lowest BCUT2D eigenvalue weighted by Gasteiger charge is -2.10. The average molecular weight is 239 g/mol. The fourth-order valence-corrected chi connectivity index (χ4v) is 1.40. The lowest BCUT2D eigenvalue weighted by molar-refractivity contribution is -0.0429. The number of nitrogens with one attached hydrogen (secondary N) is 1. The van der Waals surface area contributed by atoms with Gasteiger partial charge >= 0.3 is 15.5 Å². The molecular formula is C8H8F3NO2S. The maximum absolute atomic E-state index is 11.9. The Balaban J connectivity index is 2.93. The Bertz CT molecular complexity index is 436. The number of hydrogen-bond acceptors (Lipinski definition) is 2. The van der Waals surface area contributed by atoms with Gasteiger partial charge in [-0.1, -0.05) is 17.7 Å². The third-order valence-corrected chi connectivity index (χ3v) is 2.72. The summed E-state index contributed by atoms with van der Waals surface area (Å²) in [6, 6.07) is 5.54. The van der Waals surface area contributed by atoms with E-state index in [4.69, 9.17) is 0 Å². The molecule has 0 heterocycles. The van der Waals surface area contributed by atoms with Crippen LogP contribution in [0.4, 0.5) is 18.9 Å². The highest BCUT2D eigenvalue weighted by atomic mass is 32.2. The summed E-state index contributed by atoms with van der Waals surface area (Å²) in [6.07, 6.45) is 0. The van der Waals surface area contributed by atoms with Crippen LogP contribution in [0.25, 0.3) is 0 Å². The molecule has 15 heavy (non-hydrogen) atoms. The predicted molar refractivity (Wildman–Crippen MR) is 49.8 cm³/mol. The second-order valence-electron chi connectivity index (χ2n) is 2.92. The normalized spacial score (nSPS) is 12.5. The smallest absolute Gasteiger partial charge is 0.276 e. The second kappa shape index (κ2) is 3.73. The van der Waals surface area contributed by atoms with Gasteiger partial charge in [0.2, 0.25) is 0 Å². The van der Waals surface area contributed by atoms with Gasteiger partial charge in [0.1, 0.15) is 0 Å². The van der Waals surface area contributed by atoms with Crippen molar-refractivity contribution in [3.8, 4) is 0 Å². The zero-order valence-electron chi connectivity index (χ0n) is 7.67. The number of aryl methyl sites for hydroxylation is 1. The first-order valence-electron chi connectivity index (χ1n) is 3.88. The Hall–Kier alpha value is -1.24. The minimum absolute atomic E-state index is 0.113. The van der Waals surface area contributed by atoms with Crippen LogP contribution in [0.3, 0.4) is 0 Å². The quantitative estimate of drug-likeness (QED) is 0.860. The highest BCUT2D eigenvalue weighted by Gasteiger charge is 2.45. The van der Waals surface area contributed by atoms with Crippen molar-refractivity contribution in [3.63, 3.8) is 0 Å². The fourth-order valence-electron chi connectivity index (χ4n) is 0.835. The van der Waals surface area contributed by atoms with Crippen molar-refractivity contribution in [2.45, 2.75) is 12.4 Å². The summed E-state index contributed by atoms with van der Waals surface area (Å²) in [5, 5.41) is 0. The average Bonchev–Trinajstić information content (AvgIpc) is 2.06. The van der Waals surface area contributed by atoms with Gasteiger partial charge in [-0.3, -0.25) is 4.72 Å². The molecule has 0 fully saturated rings. The van der Waals surface area contributed by atoms with E-state index in [2.05, 4.69) is 0 Å². The van der Waals surface area contributed by atoms with Crippen LogP contribution in [0.1, 0.15) is 5.56 Å². The third-order valence-electron chi connectivity index (χ3n) is 1.61. The number of alkyl halides is 3. The Morgan fingerprint density at radius 3 is 2.00 bits per heavy atom. The molecule has 0 amide bonds. The van der Waals surface area contributed by atoms with Gasteiger partial charge in [0.25, 0.3) is 0 Å². The molecule has 0 saturated heterocycles. The maximum Gasteiger partial charge on any atom is 0.516 e. The summed E-state index contributed by atoms with van der Waals surface area (Å²) >= 11 is 0. The molecule has 1 aromatic rings. The van der Waals surface area contributed by atoms with Gasteiger partial charge in [0, 0.05) is 5.69 Å². The third kappa shape index (κ3) is 2.85. The molecule has 1 aromatic carbocycles. The van der Waals surface area contributed by atoms with Gasteiger partial charge in [0.05, 0.1) is 0 Å². The van der Waals surface area contributed by atoms with E-state index in [0.29, 0.717) is 0 Å². The summed E-state index contributed by atoms with van der Waals surface area (Å²) in [5.74, 6) is 0. The topological polar surface area (TPSA) is 46.2 Å². The Labute approximate surface area is 85.0 Å². The van der Waals surface area contributed by atoms with E-state index in [1.807, 2.05) is 0 Å². The predicted octanol–water partition coefficient (Wildman–Crippen LogP) is 2.26. The van der Waals surface area contributed by atoms with Gasteiger partial charge in [-0.25, -0.2) is 0 Å². The first kappa shape index (κ1) is 11.8. The van der Waals surface area contributed by atoms with Crippen molar-refractivity contribution in [3.05, 3.63) is 29.8 Å². The summed E-state index contributed by atoms with van der Waals surface area (Å²) in [5.41, 5.74) is -4.58. The largest absolute Gasteiger partial charge is 0.516 e. The van der Waals surface area contributed by atoms with E-state index in [1.165, 1.54) is 29.0 Å². The molecular weight excluding hydrogens is 231 g/mol. The molecule has 0 aliphatic carbocycles.